The highest BCUT2D eigenvalue weighted by molar-refractivity contribution is 5.82. The first-order chi connectivity index (χ1) is 20.5. The van der Waals surface area contributed by atoms with Crippen molar-refractivity contribution in [2.24, 2.45) is 5.92 Å². The molecule has 0 spiro atoms. The number of hydrogen-bond donors (Lipinski definition) is 2. The minimum atomic E-state index is -1.23. The summed E-state index contributed by atoms with van der Waals surface area (Å²) in [6.07, 6.45) is 2.47. The number of benzene rings is 2. The Kier molecular flexibility index (Phi) is 10.6. The van der Waals surface area contributed by atoms with E-state index >= 15 is 0 Å². The van der Waals surface area contributed by atoms with Gasteiger partial charge >= 0.3 is 12.2 Å². The van der Waals surface area contributed by atoms with E-state index in [1.807, 2.05) is 69.3 Å². The van der Waals surface area contributed by atoms with Crippen LogP contribution in [0.5, 0.6) is 5.75 Å². The fraction of sp³-hybridized carbons (Fsp3) is 0.545. The summed E-state index contributed by atoms with van der Waals surface area (Å²) in [7, 11) is 1.60. The van der Waals surface area contributed by atoms with Gasteiger partial charge < -0.3 is 34.4 Å². The van der Waals surface area contributed by atoms with Crippen LogP contribution in [0.3, 0.4) is 0 Å². The van der Waals surface area contributed by atoms with Crippen molar-refractivity contribution in [2.45, 2.75) is 70.7 Å². The van der Waals surface area contributed by atoms with Gasteiger partial charge in [0.25, 0.3) is 0 Å². The molecule has 1 fully saturated rings. The van der Waals surface area contributed by atoms with Gasteiger partial charge in [0, 0.05) is 19.6 Å². The van der Waals surface area contributed by atoms with E-state index in [4.69, 9.17) is 14.2 Å². The highest BCUT2D eigenvalue weighted by Gasteiger charge is 2.39. The van der Waals surface area contributed by atoms with Crippen molar-refractivity contribution in [3.8, 4) is 5.75 Å². The number of rotatable bonds is 9. The van der Waals surface area contributed by atoms with Crippen LogP contribution < -0.4 is 10.1 Å². The third-order valence-corrected chi connectivity index (χ3v) is 8.00. The second kappa shape index (κ2) is 14.1. The molecule has 1 unspecified atom stereocenters. The number of carbonyl (C=O) groups is 3. The Morgan fingerprint density at radius 2 is 1.81 bits per heavy atom. The Morgan fingerprint density at radius 3 is 2.49 bits per heavy atom. The molecule has 2 N–H and O–H groups in total. The topological polar surface area (TPSA) is 118 Å². The molecule has 4 rings (SSSR count). The highest BCUT2D eigenvalue weighted by Crippen LogP contribution is 2.38. The first kappa shape index (κ1) is 32.1. The van der Waals surface area contributed by atoms with Crippen LogP contribution in [-0.4, -0.2) is 78.4 Å². The van der Waals surface area contributed by atoms with Gasteiger partial charge in [-0.2, -0.15) is 0 Å². The lowest BCUT2D eigenvalue weighted by Crippen LogP contribution is -2.50. The number of piperidine rings is 1. The van der Waals surface area contributed by atoms with Crippen molar-refractivity contribution >= 4 is 18.1 Å². The molecule has 3 amide bonds. The standard InChI is InChI=1S/C33H45N3O7/c1-32(2,3)43-31(39)36(23-33(40)16-8-11-26-12-13-27(41-4)19-28(26)33)21-24-14-17-35(18-15-24)29(37)20-34-30(38)42-22-25-9-6-5-7-10-25/h5-7,9-10,12-13,19,24,40H,8,11,14-18,20-23H2,1-4H3,(H,34,38). The first-order valence-electron chi connectivity index (χ1n) is 15.1. The van der Waals surface area contributed by atoms with Crippen molar-refractivity contribution in [3.63, 3.8) is 0 Å². The van der Waals surface area contributed by atoms with Gasteiger partial charge in [0.2, 0.25) is 5.91 Å². The fourth-order valence-electron chi connectivity index (χ4n) is 5.76. The average molecular weight is 596 g/mol. The summed E-state index contributed by atoms with van der Waals surface area (Å²) in [6.45, 7) is 7.01. The molecule has 10 nitrogen and oxygen atoms in total. The van der Waals surface area contributed by atoms with E-state index in [9.17, 15) is 19.5 Å². The Hall–Kier alpha value is -3.79. The van der Waals surface area contributed by atoms with Gasteiger partial charge in [-0.05, 0) is 87.6 Å². The number of amides is 3. The molecule has 43 heavy (non-hydrogen) atoms. The van der Waals surface area contributed by atoms with Crippen LogP contribution in [0.4, 0.5) is 9.59 Å². The molecule has 1 saturated heterocycles. The fourth-order valence-corrected chi connectivity index (χ4v) is 5.76. The SMILES string of the molecule is COc1ccc2c(c1)C(O)(CN(CC1CCN(C(=O)CNC(=O)OCc3ccccc3)CC1)C(=O)OC(C)(C)C)CCC2. The third kappa shape index (κ3) is 9.10. The normalized spacial score (nSPS) is 18.8. The van der Waals surface area contributed by atoms with Gasteiger partial charge in [0.15, 0.2) is 0 Å². The number of carbonyl (C=O) groups excluding carboxylic acids is 3. The lowest BCUT2D eigenvalue weighted by atomic mass is 9.78. The van der Waals surface area contributed by atoms with Crippen LogP contribution in [0.15, 0.2) is 48.5 Å². The zero-order valence-electron chi connectivity index (χ0n) is 25.8. The number of ether oxygens (including phenoxy) is 3. The van der Waals surface area contributed by atoms with Gasteiger partial charge in [-0.3, -0.25) is 4.79 Å². The second-order valence-corrected chi connectivity index (χ2v) is 12.5. The van der Waals surface area contributed by atoms with Crippen molar-refractivity contribution in [1.29, 1.82) is 0 Å². The van der Waals surface area contributed by atoms with Gasteiger partial charge in [-0.25, -0.2) is 9.59 Å². The lowest BCUT2D eigenvalue weighted by Gasteiger charge is -2.41. The van der Waals surface area contributed by atoms with Crippen molar-refractivity contribution in [1.82, 2.24) is 15.1 Å². The summed E-state index contributed by atoms with van der Waals surface area (Å²) in [6, 6.07) is 15.1. The number of hydrogen-bond acceptors (Lipinski definition) is 7. The maximum atomic E-state index is 13.4. The number of alkyl carbamates (subject to hydrolysis) is 1. The second-order valence-electron chi connectivity index (χ2n) is 12.5. The average Bonchev–Trinajstić information content (AvgIpc) is 2.98. The maximum Gasteiger partial charge on any atom is 0.410 e. The number of likely N-dealkylation sites (tertiary alicyclic amines) is 1. The predicted molar refractivity (Wildman–Crippen MR) is 162 cm³/mol. The molecule has 2 aromatic carbocycles. The molecule has 0 bridgehead atoms. The monoisotopic (exact) mass is 595 g/mol. The summed E-state index contributed by atoms with van der Waals surface area (Å²) in [4.78, 5) is 41.6. The number of nitrogens with one attached hydrogen (secondary N) is 1. The number of aryl methyl sites for hydroxylation is 1. The molecule has 1 heterocycles. The Labute approximate surface area is 254 Å². The Bertz CT molecular complexity index is 1250. The largest absolute Gasteiger partial charge is 0.497 e. The quantitative estimate of drug-likeness (QED) is 0.434. The molecular formula is C33H45N3O7. The number of aliphatic hydroxyl groups is 1. The van der Waals surface area contributed by atoms with Crippen LogP contribution in [0.1, 0.15) is 63.1 Å². The molecule has 0 aromatic heterocycles. The zero-order valence-corrected chi connectivity index (χ0v) is 25.8. The number of methoxy groups -OCH3 is 1. The molecule has 10 heteroatoms. The van der Waals surface area contributed by atoms with Crippen LogP contribution in [0, 0.1) is 5.92 Å². The summed E-state index contributed by atoms with van der Waals surface area (Å²) in [5.74, 6) is 0.609. The highest BCUT2D eigenvalue weighted by atomic mass is 16.6. The minimum Gasteiger partial charge on any atom is -0.497 e. The molecule has 1 aliphatic carbocycles. The smallest absolute Gasteiger partial charge is 0.410 e. The van der Waals surface area contributed by atoms with E-state index in [1.165, 1.54) is 0 Å². The van der Waals surface area contributed by atoms with Crippen LogP contribution in [0.25, 0.3) is 0 Å². The van der Waals surface area contributed by atoms with Gasteiger partial charge in [0.05, 0.1) is 13.7 Å². The van der Waals surface area contributed by atoms with Crippen LogP contribution >= 0.6 is 0 Å². The van der Waals surface area contributed by atoms with Crippen molar-refractivity contribution in [2.75, 3.05) is 39.8 Å². The van der Waals surface area contributed by atoms with Crippen LogP contribution in [-0.2, 0) is 32.9 Å². The van der Waals surface area contributed by atoms with E-state index in [0.717, 1.165) is 29.5 Å². The van der Waals surface area contributed by atoms with Crippen molar-refractivity contribution < 1.29 is 33.7 Å². The number of fused-ring (bicyclic) bond motifs is 1. The summed E-state index contributed by atoms with van der Waals surface area (Å²) >= 11 is 0. The predicted octanol–water partition coefficient (Wildman–Crippen LogP) is 4.62. The number of nitrogens with zero attached hydrogens (tertiary/aromatic N) is 2. The minimum absolute atomic E-state index is 0.107. The zero-order chi connectivity index (χ0) is 31.0. The maximum absolute atomic E-state index is 13.4. The van der Waals surface area contributed by atoms with Gasteiger partial charge in [0.1, 0.15) is 30.1 Å². The van der Waals surface area contributed by atoms with Crippen molar-refractivity contribution in [3.05, 3.63) is 65.2 Å². The van der Waals surface area contributed by atoms with Gasteiger partial charge in [-0.1, -0.05) is 36.4 Å². The van der Waals surface area contributed by atoms with E-state index in [0.29, 0.717) is 44.6 Å². The molecule has 2 aromatic rings. The van der Waals surface area contributed by atoms with E-state index in [2.05, 4.69) is 5.32 Å². The molecular weight excluding hydrogens is 550 g/mol. The van der Waals surface area contributed by atoms with E-state index in [-0.39, 0.29) is 31.5 Å². The Balaban J connectivity index is 1.33. The van der Waals surface area contributed by atoms with E-state index < -0.39 is 23.4 Å². The molecule has 1 aliphatic heterocycles. The summed E-state index contributed by atoms with van der Waals surface area (Å²) < 4.78 is 16.4. The van der Waals surface area contributed by atoms with Crippen LogP contribution in [0.2, 0.25) is 0 Å². The first-order valence-corrected chi connectivity index (χ1v) is 15.1. The summed E-state index contributed by atoms with van der Waals surface area (Å²) in [5, 5.41) is 14.4. The van der Waals surface area contributed by atoms with E-state index in [1.54, 1.807) is 16.9 Å². The Morgan fingerprint density at radius 1 is 1.09 bits per heavy atom. The molecule has 0 saturated carbocycles. The third-order valence-electron chi connectivity index (χ3n) is 8.00. The molecule has 1 atom stereocenters. The summed E-state index contributed by atoms with van der Waals surface area (Å²) in [5.41, 5.74) is 0.809. The molecule has 2 aliphatic rings. The molecule has 0 radical (unpaired) electrons. The lowest BCUT2D eigenvalue weighted by molar-refractivity contribution is -0.131. The van der Waals surface area contributed by atoms with Gasteiger partial charge in [-0.15, -0.1) is 0 Å². The molecule has 234 valence electrons.